The summed E-state index contributed by atoms with van der Waals surface area (Å²) in [5, 5.41) is 20.8. The Morgan fingerprint density at radius 2 is 1.02 bits per heavy atom. The predicted molar refractivity (Wildman–Crippen MR) is 177 cm³/mol. The molecule has 0 aliphatic heterocycles. The van der Waals surface area contributed by atoms with Gasteiger partial charge in [-0.1, -0.05) is 87.4 Å². The molecule has 4 aromatic rings. The van der Waals surface area contributed by atoms with Crippen molar-refractivity contribution in [3.05, 3.63) is 117 Å². The number of carbonyl (C=O) groups is 2. The van der Waals surface area contributed by atoms with Crippen molar-refractivity contribution in [3.8, 4) is 22.6 Å². The number of ether oxygens (including phenoxy) is 2. The molecule has 0 fully saturated rings. The van der Waals surface area contributed by atoms with E-state index >= 15 is 0 Å². The Morgan fingerprint density at radius 3 is 1.38 bits per heavy atom. The average molecular weight is 607 g/mol. The zero-order valence-corrected chi connectivity index (χ0v) is 26.9. The minimum absolute atomic E-state index is 0.0676. The molecule has 0 saturated heterocycles. The van der Waals surface area contributed by atoms with Crippen molar-refractivity contribution in [3.63, 3.8) is 0 Å². The topological polar surface area (TPSA) is 93.1 Å². The molecule has 4 aromatic carbocycles. The molecule has 0 bridgehead atoms. The third-order valence-electron chi connectivity index (χ3n) is 8.64. The molecule has 234 valence electrons. The van der Waals surface area contributed by atoms with Crippen LogP contribution >= 0.6 is 0 Å². The van der Waals surface area contributed by atoms with Gasteiger partial charge in [0.05, 0.1) is 18.6 Å². The molecule has 0 heterocycles. The minimum Gasteiger partial charge on any atom is -0.493 e. The lowest BCUT2D eigenvalue weighted by atomic mass is 9.66. The van der Waals surface area contributed by atoms with E-state index in [4.69, 9.17) is 9.47 Å². The monoisotopic (exact) mass is 606 g/mol. The minimum atomic E-state index is -1.08. The molecule has 0 radical (unpaired) electrons. The Morgan fingerprint density at radius 1 is 0.622 bits per heavy atom. The smallest absolute Gasteiger partial charge is 0.339 e. The van der Waals surface area contributed by atoms with E-state index in [2.05, 4.69) is 64.1 Å². The first-order valence-electron chi connectivity index (χ1n) is 15.7. The lowest BCUT2D eigenvalue weighted by Gasteiger charge is -2.35. The van der Waals surface area contributed by atoms with E-state index < -0.39 is 17.4 Å². The van der Waals surface area contributed by atoms with Crippen molar-refractivity contribution < 1.29 is 29.3 Å². The highest BCUT2D eigenvalue weighted by molar-refractivity contribution is 5.94. The molecule has 0 atom stereocenters. The molecular weight excluding hydrogens is 564 g/mol. The van der Waals surface area contributed by atoms with Gasteiger partial charge in [-0.15, -0.1) is 0 Å². The lowest BCUT2D eigenvalue weighted by Crippen LogP contribution is -2.29. The molecule has 0 aromatic heterocycles. The molecular formula is C39H42O6. The highest BCUT2D eigenvalue weighted by Gasteiger charge is 2.47. The number of aryl methyl sites for hydroxylation is 2. The number of hydrogen-bond acceptors (Lipinski definition) is 4. The number of benzene rings is 4. The summed E-state index contributed by atoms with van der Waals surface area (Å²) in [7, 11) is 0. The SMILES string of the molecule is Cc1ccc2c(c1)C(c1ccc(OCCC(C)C)c(C(=O)O)c1)(c1ccc(OCCC(C)C)c(C(=O)O)c1)c1cc(C)ccc1-2. The third kappa shape index (κ3) is 6.06. The van der Waals surface area contributed by atoms with Gasteiger partial charge < -0.3 is 19.7 Å². The second-order valence-electron chi connectivity index (χ2n) is 12.9. The van der Waals surface area contributed by atoms with Crippen LogP contribution in [0.15, 0.2) is 72.8 Å². The molecule has 6 heteroatoms. The summed E-state index contributed by atoms with van der Waals surface area (Å²) >= 11 is 0. The van der Waals surface area contributed by atoms with Gasteiger partial charge in [-0.05, 0) is 96.2 Å². The second-order valence-corrected chi connectivity index (χ2v) is 12.9. The number of carboxylic acid groups (broad SMARTS) is 2. The fourth-order valence-electron chi connectivity index (χ4n) is 6.26. The maximum atomic E-state index is 12.7. The number of carboxylic acids is 2. The van der Waals surface area contributed by atoms with Crippen molar-refractivity contribution in [1.82, 2.24) is 0 Å². The maximum Gasteiger partial charge on any atom is 0.339 e. The summed E-state index contributed by atoms with van der Waals surface area (Å²) in [5.41, 5.74) is 6.66. The Hall–Kier alpha value is -4.58. The molecule has 1 aliphatic carbocycles. The maximum absolute atomic E-state index is 12.7. The van der Waals surface area contributed by atoms with E-state index in [1.807, 2.05) is 26.0 Å². The van der Waals surface area contributed by atoms with Gasteiger partial charge in [0.1, 0.15) is 22.6 Å². The second kappa shape index (κ2) is 12.8. The highest BCUT2D eigenvalue weighted by Crippen LogP contribution is 2.57. The third-order valence-corrected chi connectivity index (χ3v) is 8.64. The zero-order chi connectivity index (χ0) is 32.5. The standard InChI is InChI=1S/C39H42O6/c1-23(2)15-17-44-35-13-9-27(21-31(35)37(40)41)39(28-10-14-36(32(22-28)38(42)43)45-18-16-24(3)4)33-19-25(5)7-11-29(33)30-12-8-26(6)20-34(30)39/h7-14,19-24H,15-18H2,1-6H3,(H,40,41)(H,42,43). The molecule has 0 amide bonds. The molecule has 2 N–H and O–H groups in total. The van der Waals surface area contributed by atoms with Crippen LogP contribution in [-0.2, 0) is 5.41 Å². The average Bonchev–Trinajstić information content (AvgIpc) is 3.26. The van der Waals surface area contributed by atoms with Crippen LogP contribution in [0.1, 0.15) is 94.6 Å². The summed E-state index contributed by atoms with van der Waals surface area (Å²) in [5.74, 6) is -0.709. The van der Waals surface area contributed by atoms with Crippen molar-refractivity contribution >= 4 is 11.9 Å². The number of hydrogen-bond donors (Lipinski definition) is 2. The van der Waals surface area contributed by atoms with Gasteiger partial charge in [-0.3, -0.25) is 0 Å². The summed E-state index contributed by atoms with van der Waals surface area (Å²) in [4.78, 5) is 25.4. The number of fused-ring (bicyclic) bond motifs is 3. The Balaban J connectivity index is 1.81. The van der Waals surface area contributed by atoms with E-state index in [1.165, 1.54) is 0 Å². The lowest BCUT2D eigenvalue weighted by molar-refractivity contribution is 0.0680. The summed E-state index contributed by atoms with van der Waals surface area (Å²) in [6.07, 6.45) is 1.60. The van der Waals surface area contributed by atoms with Crippen LogP contribution in [0.5, 0.6) is 11.5 Å². The molecule has 1 aliphatic rings. The van der Waals surface area contributed by atoms with Gasteiger partial charge in [-0.2, -0.15) is 0 Å². The highest BCUT2D eigenvalue weighted by atomic mass is 16.5. The van der Waals surface area contributed by atoms with Crippen LogP contribution in [0.3, 0.4) is 0 Å². The van der Waals surface area contributed by atoms with Crippen LogP contribution in [0, 0.1) is 25.7 Å². The number of aromatic carboxylic acids is 2. The molecule has 0 saturated carbocycles. The normalized spacial score (nSPS) is 13.1. The van der Waals surface area contributed by atoms with E-state index in [-0.39, 0.29) is 11.1 Å². The van der Waals surface area contributed by atoms with Crippen LogP contribution in [-0.4, -0.2) is 35.4 Å². The largest absolute Gasteiger partial charge is 0.493 e. The van der Waals surface area contributed by atoms with E-state index in [9.17, 15) is 19.8 Å². The Labute approximate surface area is 265 Å². The number of rotatable bonds is 12. The summed E-state index contributed by atoms with van der Waals surface area (Å²) < 4.78 is 12.0. The molecule has 45 heavy (non-hydrogen) atoms. The van der Waals surface area contributed by atoms with Crippen molar-refractivity contribution in [2.75, 3.05) is 13.2 Å². The van der Waals surface area contributed by atoms with Gasteiger partial charge in [0.2, 0.25) is 0 Å². The first-order valence-corrected chi connectivity index (χ1v) is 15.7. The summed E-state index contributed by atoms with van der Waals surface area (Å²) in [6, 6.07) is 23.3. The molecule has 5 rings (SSSR count). The van der Waals surface area contributed by atoms with Crippen molar-refractivity contribution in [2.45, 2.75) is 59.8 Å². The van der Waals surface area contributed by atoms with Crippen LogP contribution < -0.4 is 9.47 Å². The quantitative estimate of drug-likeness (QED) is 0.147. The Kier molecular flexibility index (Phi) is 9.06. The van der Waals surface area contributed by atoms with Gasteiger partial charge in [-0.25, -0.2) is 9.59 Å². The molecule has 0 spiro atoms. The van der Waals surface area contributed by atoms with Crippen LogP contribution in [0.2, 0.25) is 0 Å². The summed E-state index contributed by atoms with van der Waals surface area (Å²) in [6.45, 7) is 13.3. The zero-order valence-electron chi connectivity index (χ0n) is 26.9. The van der Waals surface area contributed by atoms with E-state index in [1.54, 1.807) is 24.3 Å². The van der Waals surface area contributed by atoms with Crippen molar-refractivity contribution in [1.29, 1.82) is 0 Å². The van der Waals surface area contributed by atoms with Gasteiger partial charge >= 0.3 is 11.9 Å². The van der Waals surface area contributed by atoms with Gasteiger partial charge in [0, 0.05) is 0 Å². The first kappa shape index (κ1) is 31.8. The molecule has 0 unspecified atom stereocenters. The fourth-order valence-corrected chi connectivity index (χ4v) is 6.26. The Bertz CT molecular complexity index is 1620. The van der Waals surface area contributed by atoms with Crippen LogP contribution in [0.4, 0.5) is 0 Å². The fraction of sp³-hybridized carbons (Fsp3) is 0.333. The van der Waals surface area contributed by atoms with Crippen LogP contribution in [0.25, 0.3) is 11.1 Å². The van der Waals surface area contributed by atoms with Gasteiger partial charge in [0.15, 0.2) is 0 Å². The predicted octanol–water partition coefficient (Wildman–Crippen LogP) is 8.91. The van der Waals surface area contributed by atoms with E-state index in [0.717, 1.165) is 57.3 Å². The molecule has 6 nitrogen and oxygen atoms in total. The first-order chi connectivity index (χ1) is 21.4. The van der Waals surface area contributed by atoms with E-state index in [0.29, 0.717) is 36.5 Å². The van der Waals surface area contributed by atoms with Crippen molar-refractivity contribution in [2.24, 2.45) is 11.8 Å². The van der Waals surface area contributed by atoms with Gasteiger partial charge in [0.25, 0.3) is 0 Å².